The largest absolute Gasteiger partial charge is 0.500 e. The third-order valence-electron chi connectivity index (χ3n) is 3.29. The van der Waals surface area contributed by atoms with Gasteiger partial charge >= 0.3 is 8.80 Å². The molecule has 6 heteroatoms. The van der Waals surface area contributed by atoms with Gasteiger partial charge in [-0.25, -0.2) is 0 Å². The molecule has 0 aliphatic heterocycles. The summed E-state index contributed by atoms with van der Waals surface area (Å²) in [5.74, 6) is 0.266. The summed E-state index contributed by atoms with van der Waals surface area (Å²) in [6, 6.07) is 0.781. The van der Waals surface area contributed by atoms with Gasteiger partial charge in [0.15, 0.2) is 0 Å². The van der Waals surface area contributed by atoms with Crippen molar-refractivity contribution in [2.24, 2.45) is 5.92 Å². The Kier molecular flexibility index (Phi) is 11.7. The molecule has 0 aliphatic rings. The molecule has 0 aliphatic carbocycles. The van der Waals surface area contributed by atoms with Crippen molar-refractivity contribution >= 4 is 8.80 Å². The molecule has 0 fully saturated rings. The Morgan fingerprint density at radius 3 is 1.90 bits per heavy atom. The molecule has 0 spiro atoms. The molecule has 20 heavy (non-hydrogen) atoms. The van der Waals surface area contributed by atoms with Gasteiger partial charge in [0.25, 0.3) is 0 Å². The Morgan fingerprint density at radius 2 is 1.50 bits per heavy atom. The van der Waals surface area contributed by atoms with Gasteiger partial charge in [-0.1, -0.05) is 13.8 Å². The molecule has 122 valence electrons. The minimum Gasteiger partial charge on any atom is -0.378 e. The van der Waals surface area contributed by atoms with Crippen LogP contribution >= 0.6 is 0 Å². The van der Waals surface area contributed by atoms with E-state index in [2.05, 4.69) is 12.2 Å². The van der Waals surface area contributed by atoms with Gasteiger partial charge < -0.3 is 18.4 Å². The number of hydrogen-bond donors (Lipinski definition) is 2. The van der Waals surface area contributed by atoms with Crippen molar-refractivity contribution in [2.75, 3.05) is 26.4 Å². The third-order valence-corrected chi connectivity index (χ3v) is 6.44. The van der Waals surface area contributed by atoms with E-state index in [1.165, 1.54) is 0 Å². The maximum absolute atomic E-state index is 9.86. The molecule has 0 radical (unpaired) electrons. The lowest BCUT2D eigenvalue weighted by Crippen LogP contribution is -2.46. The Balaban J connectivity index is 4.18. The van der Waals surface area contributed by atoms with Crippen molar-refractivity contribution in [2.45, 2.75) is 59.7 Å². The molecule has 2 atom stereocenters. The SMILES string of the molecule is CCO[Si](CCCNC(O)C(C)CC)(OCC)OCC. The summed E-state index contributed by atoms with van der Waals surface area (Å²) in [5, 5.41) is 13.0. The van der Waals surface area contributed by atoms with Gasteiger partial charge in [0.2, 0.25) is 0 Å². The smallest absolute Gasteiger partial charge is 0.378 e. The van der Waals surface area contributed by atoms with Gasteiger partial charge in [-0.15, -0.1) is 0 Å². The van der Waals surface area contributed by atoms with E-state index in [1.54, 1.807) is 0 Å². The average Bonchev–Trinajstić information content (AvgIpc) is 2.43. The zero-order valence-electron chi connectivity index (χ0n) is 13.8. The van der Waals surface area contributed by atoms with E-state index in [0.29, 0.717) is 19.8 Å². The van der Waals surface area contributed by atoms with Crippen LogP contribution in [0.2, 0.25) is 6.04 Å². The van der Waals surface area contributed by atoms with Crippen LogP contribution in [-0.4, -0.2) is 46.5 Å². The van der Waals surface area contributed by atoms with E-state index in [-0.39, 0.29) is 5.92 Å². The van der Waals surface area contributed by atoms with Crippen LogP contribution in [-0.2, 0) is 13.3 Å². The summed E-state index contributed by atoms with van der Waals surface area (Å²) in [4.78, 5) is 0. The summed E-state index contributed by atoms with van der Waals surface area (Å²) >= 11 is 0. The van der Waals surface area contributed by atoms with Crippen LogP contribution in [0.15, 0.2) is 0 Å². The zero-order valence-corrected chi connectivity index (χ0v) is 14.8. The number of nitrogens with one attached hydrogen (secondary N) is 1. The number of aliphatic hydroxyl groups is 1. The summed E-state index contributed by atoms with van der Waals surface area (Å²) < 4.78 is 17.4. The first-order chi connectivity index (χ1) is 9.55. The summed E-state index contributed by atoms with van der Waals surface area (Å²) in [6.45, 7) is 12.6. The second-order valence-corrected chi connectivity index (χ2v) is 7.60. The van der Waals surface area contributed by atoms with Crippen molar-refractivity contribution in [3.05, 3.63) is 0 Å². The van der Waals surface area contributed by atoms with Crippen LogP contribution in [0.3, 0.4) is 0 Å². The van der Waals surface area contributed by atoms with Crippen LogP contribution in [0.4, 0.5) is 0 Å². The second kappa shape index (κ2) is 11.7. The highest BCUT2D eigenvalue weighted by atomic mass is 28.4. The van der Waals surface area contributed by atoms with Crippen LogP contribution in [0, 0.1) is 5.92 Å². The van der Waals surface area contributed by atoms with E-state index in [4.69, 9.17) is 13.3 Å². The molecular weight excluding hydrogens is 274 g/mol. The van der Waals surface area contributed by atoms with Gasteiger partial charge in [-0.05, 0) is 46.1 Å². The fourth-order valence-corrected chi connectivity index (χ4v) is 4.59. The van der Waals surface area contributed by atoms with Gasteiger partial charge in [0, 0.05) is 25.9 Å². The molecular formula is C14H33NO4Si. The number of aliphatic hydroxyl groups excluding tert-OH is 1. The molecule has 0 heterocycles. The quantitative estimate of drug-likeness (QED) is 0.311. The third kappa shape index (κ3) is 7.71. The summed E-state index contributed by atoms with van der Waals surface area (Å²) in [7, 11) is -2.52. The van der Waals surface area contributed by atoms with E-state index < -0.39 is 15.0 Å². The number of rotatable bonds is 13. The van der Waals surface area contributed by atoms with Gasteiger partial charge in [0.05, 0.1) is 0 Å². The molecule has 2 N–H and O–H groups in total. The second-order valence-electron chi connectivity index (χ2n) is 4.87. The van der Waals surface area contributed by atoms with Crippen LogP contribution in [0.5, 0.6) is 0 Å². The Labute approximate surface area is 125 Å². The maximum Gasteiger partial charge on any atom is 0.500 e. The fourth-order valence-electron chi connectivity index (χ4n) is 1.98. The molecule has 0 saturated heterocycles. The lowest BCUT2D eigenvalue weighted by molar-refractivity contribution is 0.0668. The monoisotopic (exact) mass is 307 g/mol. The van der Waals surface area contributed by atoms with Crippen molar-refractivity contribution in [3.63, 3.8) is 0 Å². The lowest BCUT2D eigenvalue weighted by atomic mass is 10.1. The summed E-state index contributed by atoms with van der Waals surface area (Å²) in [6.07, 6.45) is 1.39. The minimum atomic E-state index is -2.52. The van der Waals surface area contributed by atoms with E-state index in [0.717, 1.165) is 25.4 Å². The average molecular weight is 308 g/mol. The Bertz CT molecular complexity index is 214. The van der Waals surface area contributed by atoms with E-state index in [1.807, 2.05) is 27.7 Å². The predicted octanol–water partition coefficient (Wildman–Crippen LogP) is 2.38. The Morgan fingerprint density at radius 1 is 1.00 bits per heavy atom. The molecule has 0 rings (SSSR count). The molecule has 0 aromatic heterocycles. The highest BCUT2D eigenvalue weighted by Gasteiger charge is 2.39. The molecule has 0 bridgehead atoms. The van der Waals surface area contributed by atoms with Gasteiger partial charge in [0.1, 0.15) is 6.23 Å². The van der Waals surface area contributed by atoms with Crippen molar-refractivity contribution in [1.82, 2.24) is 5.32 Å². The van der Waals surface area contributed by atoms with Crippen molar-refractivity contribution in [1.29, 1.82) is 0 Å². The van der Waals surface area contributed by atoms with Crippen molar-refractivity contribution < 1.29 is 18.4 Å². The minimum absolute atomic E-state index is 0.266. The van der Waals surface area contributed by atoms with E-state index >= 15 is 0 Å². The van der Waals surface area contributed by atoms with Crippen molar-refractivity contribution in [3.8, 4) is 0 Å². The molecule has 0 aromatic carbocycles. The van der Waals surface area contributed by atoms with Gasteiger partial charge in [-0.3, -0.25) is 5.32 Å². The first-order valence-electron chi connectivity index (χ1n) is 7.88. The Hall–Kier alpha value is 0.0169. The predicted molar refractivity (Wildman–Crippen MR) is 83.5 cm³/mol. The van der Waals surface area contributed by atoms with Gasteiger partial charge in [-0.2, -0.15) is 0 Å². The molecule has 0 aromatic rings. The van der Waals surface area contributed by atoms with Crippen LogP contribution in [0.1, 0.15) is 47.5 Å². The van der Waals surface area contributed by atoms with E-state index in [9.17, 15) is 5.11 Å². The molecule has 2 unspecified atom stereocenters. The van der Waals surface area contributed by atoms with Crippen LogP contribution in [0.25, 0.3) is 0 Å². The highest BCUT2D eigenvalue weighted by molar-refractivity contribution is 6.60. The molecule has 0 amide bonds. The maximum atomic E-state index is 9.86. The molecule has 5 nitrogen and oxygen atoms in total. The number of hydrogen-bond acceptors (Lipinski definition) is 5. The lowest BCUT2D eigenvalue weighted by Gasteiger charge is -2.28. The van der Waals surface area contributed by atoms with Crippen LogP contribution < -0.4 is 5.32 Å². The first-order valence-corrected chi connectivity index (χ1v) is 9.81. The topological polar surface area (TPSA) is 60.0 Å². The summed E-state index contributed by atoms with van der Waals surface area (Å²) in [5.41, 5.74) is 0. The first kappa shape index (κ1) is 20.0. The standard InChI is InChI=1S/C14H33NO4Si/c1-6-13(5)14(16)15-11-10-12-20(17-7-2,18-8-3)19-9-4/h13-16H,6-12H2,1-5H3. The normalized spacial score (nSPS) is 15.3. The molecule has 0 saturated carbocycles. The zero-order chi connectivity index (χ0) is 15.4. The fraction of sp³-hybridized carbons (Fsp3) is 1.00. The highest BCUT2D eigenvalue weighted by Crippen LogP contribution is 2.18.